The molecule has 1 saturated carbocycles. The number of fused-ring (bicyclic) bond motifs is 3. The van der Waals surface area contributed by atoms with E-state index in [9.17, 15) is 9.59 Å². The maximum atomic E-state index is 12.6. The summed E-state index contributed by atoms with van der Waals surface area (Å²) in [6.45, 7) is 6.68. The van der Waals surface area contributed by atoms with Crippen LogP contribution in [0.2, 0.25) is 0 Å². The molecule has 4 saturated heterocycles. The average molecular weight is 458 g/mol. The largest absolute Gasteiger partial charge is 0.350 e. The summed E-state index contributed by atoms with van der Waals surface area (Å²) < 4.78 is 18.9. The van der Waals surface area contributed by atoms with Crippen LogP contribution in [0.25, 0.3) is 0 Å². The second-order valence-corrected chi connectivity index (χ2v) is 10.5. The van der Waals surface area contributed by atoms with Gasteiger partial charge in [0.15, 0.2) is 18.2 Å². The van der Waals surface area contributed by atoms with Gasteiger partial charge in [-0.05, 0) is 50.2 Å². The SMILES string of the molecule is C[C@H]1[C@@H](OCCN2C(=O)c3ccccc3C2=O)O[C@@H]2O[C@@]3(C)CC[C@H]4[C@H](C)CC[C@@H]1[C@@]24OO3. The Bertz CT molecular complexity index is 948. The molecule has 0 N–H and O–H groups in total. The molecule has 5 fully saturated rings. The van der Waals surface area contributed by atoms with Crippen LogP contribution in [0.4, 0.5) is 0 Å². The van der Waals surface area contributed by atoms with Crippen molar-refractivity contribution in [2.75, 3.05) is 13.2 Å². The molecule has 33 heavy (non-hydrogen) atoms. The summed E-state index contributed by atoms with van der Waals surface area (Å²) in [7, 11) is 0. The fourth-order valence-electron chi connectivity index (χ4n) is 6.76. The van der Waals surface area contributed by atoms with E-state index in [-0.39, 0.29) is 36.8 Å². The molecule has 0 unspecified atom stereocenters. The van der Waals surface area contributed by atoms with E-state index in [0.29, 0.717) is 23.0 Å². The lowest BCUT2D eigenvalue weighted by Gasteiger charge is -2.60. The molecule has 1 aliphatic carbocycles. The Kier molecular flexibility index (Phi) is 4.98. The number of carbonyl (C=O) groups excluding carboxylic acids is 2. The number of nitrogens with zero attached hydrogens (tertiary/aromatic N) is 1. The Morgan fingerprint density at radius 2 is 1.76 bits per heavy atom. The van der Waals surface area contributed by atoms with Crippen molar-refractivity contribution in [1.29, 1.82) is 0 Å². The molecule has 1 aromatic rings. The van der Waals surface area contributed by atoms with Crippen LogP contribution in [0.5, 0.6) is 0 Å². The van der Waals surface area contributed by atoms with Crippen LogP contribution in [-0.2, 0) is 24.0 Å². The predicted octanol–water partition coefficient (Wildman–Crippen LogP) is 3.51. The van der Waals surface area contributed by atoms with Gasteiger partial charge in [0.05, 0.1) is 24.3 Å². The Hall–Kier alpha value is -1.84. The van der Waals surface area contributed by atoms with Crippen LogP contribution >= 0.6 is 0 Å². The van der Waals surface area contributed by atoms with Crippen LogP contribution in [-0.4, -0.2) is 53.8 Å². The highest BCUT2D eigenvalue weighted by Crippen LogP contribution is 2.60. The molecule has 6 aliphatic rings. The van der Waals surface area contributed by atoms with E-state index >= 15 is 0 Å². The lowest BCUT2D eigenvalue weighted by molar-refractivity contribution is -0.577. The van der Waals surface area contributed by atoms with E-state index in [1.54, 1.807) is 24.3 Å². The number of imide groups is 1. The number of ether oxygens (including phenoxy) is 3. The molecule has 8 atom stereocenters. The van der Waals surface area contributed by atoms with Crippen LogP contribution in [0.1, 0.15) is 67.2 Å². The normalized spacial score (nSPS) is 43.9. The highest BCUT2D eigenvalue weighted by Gasteiger charge is 2.69. The van der Waals surface area contributed by atoms with Crippen molar-refractivity contribution in [2.24, 2.45) is 23.7 Å². The predicted molar refractivity (Wildman–Crippen MR) is 115 cm³/mol. The van der Waals surface area contributed by atoms with Gasteiger partial charge in [0.2, 0.25) is 5.79 Å². The summed E-state index contributed by atoms with van der Waals surface area (Å²) >= 11 is 0. The van der Waals surface area contributed by atoms with Crippen LogP contribution < -0.4 is 0 Å². The fourth-order valence-corrected chi connectivity index (χ4v) is 6.76. The molecule has 8 heteroatoms. The van der Waals surface area contributed by atoms with Gasteiger partial charge in [-0.3, -0.25) is 14.5 Å². The number of amides is 2. The van der Waals surface area contributed by atoms with E-state index in [2.05, 4.69) is 13.8 Å². The molecule has 1 aromatic carbocycles. The zero-order chi connectivity index (χ0) is 23.0. The summed E-state index contributed by atoms with van der Waals surface area (Å²) in [5, 5.41) is 0. The monoisotopic (exact) mass is 457 g/mol. The first kappa shape index (κ1) is 21.7. The average Bonchev–Trinajstić information content (AvgIpc) is 2.92. The maximum Gasteiger partial charge on any atom is 0.261 e. The third kappa shape index (κ3) is 3.08. The van der Waals surface area contributed by atoms with Crippen LogP contribution in [0, 0.1) is 23.7 Å². The van der Waals surface area contributed by atoms with Crippen molar-refractivity contribution in [3.63, 3.8) is 0 Å². The second-order valence-electron chi connectivity index (χ2n) is 10.5. The lowest BCUT2D eigenvalue weighted by atomic mass is 9.58. The van der Waals surface area contributed by atoms with Gasteiger partial charge >= 0.3 is 0 Å². The van der Waals surface area contributed by atoms with Crippen LogP contribution in [0.15, 0.2) is 24.3 Å². The minimum atomic E-state index is -0.831. The van der Waals surface area contributed by atoms with Crippen molar-refractivity contribution in [3.05, 3.63) is 35.4 Å². The van der Waals surface area contributed by atoms with Crippen molar-refractivity contribution < 1.29 is 33.6 Å². The molecule has 7 rings (SSSR count). The Morgan fingerprint density at radius 1 is 1.03 bits per heavy atom. The molecule has 0 radical (unpaired) electrons. The van der Waals surface area contributed by atoms with E-state index in [1.807, 2.05) is 6.92 Å². The topological polar surface area (TPSA) is 83.5 Å². The molecule has 2 bridgehead atoms. The van der Waals surface area contributed by atoms with Gasteiger partial charge in [0.1, 0.15) is 0 Å². The van der Waals surface area contributed by atoms with E-state index < -0.39 is 24.0 Å². The zero-order valence-corrected chi connectivity index (χ0v) is 19.3. The Labute approximate surface area is 193 Å². The fraction of sp³-hybridized carbons (Fsp3) is 0.680. The van der Waals surface area contributed by atoms with Crippen molar-refractivity contribution in [3.8, 4) is 0 Å². The number of benzene rings is 1. The van der Waals surface area contributed by atoms with Gasteiger partial charge in [-0.15, -0.1) is 0 Å². The third-order valence-electron chi connectivity index (χ3n) is 8.57. The number of hydrogen-bond donors (Lipinski definition) is 0. The summed E-state index contributed by atoms with van der Waals surface area (Å²) in [6, 6.07) is 6.90. The first-order valence-electron chi connectivity index (χ1n) is 12.1. The Balaban J connectivity index is 1.18. The first-order valence-corrected chi connectivity index (χ1v) is 12.1. The molecule has 1 spiro atoms. The van der Waals surface area contributed by atoms with Gasteiger partial charge in [-0.2, -0.15) is 0 Å². The quantitative estimate of drug-likeness (QED) is 0.505. The minimum absolute atomic E-state index is 0.0492. The molecule has 8 nitrogen and oxygen atoms in total. The summed E-state index contributed by atoms with van der Waals surface area (Å²) in [4.78, 5) is 38.5. The third-order valence-corrected chi connectivity index (χ3v) is 8.57. The van der Waals surface area contributed by atoms with E-state index in [1.165, 1.54) is 4.90 Å². The highest BCUT2D eigenvalue weighted by molar-refractivity contribution is 6.21. The Morgan fingerprint density at radius 3 is 2.48 bits per heavy atom. The van der Waals surface area contributed by atoms with E-state index in [4.69, 9.17) is 24.0 Å². The maximum absolute atomic E-state index is 12.6. The molecular weight excluding hydrogens is 426 g/mol. The molecule has 2 amide bonds. The molecular formula is C25H31NO7. The molecule has 178 valence electrons. The van der Waals surface area contributed by atoms with Crippen molar-refractivity contribution in [2.45, 2.75) is 70.4 Å². The molecule has 5 heterocycles. The van der Waals surface area contributed by atoms with Gasteiger partial charge < -0.3 is 14.2 Å². The number of hydrogen-bond acceptors (Lipinski definition) is 7. The van der Waals surface area contributed by atoms with Crippen molar-refractivity contribution >= 4 is 11.8 Å². The van der Waals surface area contributed by atoms with Gasteiger partial charge in [0, 0.05) is 18.3 Å². The zero-order valence-electron chi connectivity index (χ0n) is 19.3. The standard InChI is InChI=1S/C25H31NO7/c1-14-8-9-19-15(2)22(30-23-25(19)18(14)10-11-24(3,31-23)32-33-25)29-13-12-26-20(27)16-6-4-5-7-17(16)21(26)28/h4-7,14-15,18-19,22-23H,8-13H2,1-3H3/t14-,15-,18+,19+,22+,23-,24-,25-/m1/s1. The van der Waals surface area contributed by atoms with Crippen LogP contribution in [0.3, 0.4) is 0 Å². The first-order chi connectivity index (χ1) is 15.8. The van der Waals surface area contributed by atoms with Crippen molar-refractivity contribution in [1.82, 2.24) is 4.90 Å². The highest BCUT2D eigenvalue weighted by atomic mass is 17.3. The summed E-state index contributed by atoms with van der Waals surface area (Å²) in [5.74, 6) is -0.364. The lowest BCUT2D eigenvalue weighted by Crippen LogP contribution is -2.70. The molecule has 5 aliphatic heterocycles. The number of carbonyl (C=O) groups is 2. The van der Waals surface area contributed by atoms with Gasteiger partial charge in [0.25, 0.3) is 11.8 Å². The van der Waals surface area contributed by atoms with E-state index in [0.717, 1.165) is 25.7 Å². The minimum Gasteiger partial charge on any atom is -0.350 e. The van der Waals surface area contributed by atoms with Gasteiger partial charge in [-0.25, -0.2) is 9.78 Å². The molecule has 0 aromatic heterocycles. The second kappa shape index (κ2) is 7.58. The summed E-state index contributed by atoms with van der Waals surface area (Å²) in [6.07, 6.45) is 2.76. The summed E-state index contributed by atoms with van der Waals surface area (Å²) in [5.41, 5.74) is 0.264. The number of rotatable bonds is 4. The van der Waals surface area contributed by atoms with Gasteiger partial charge in [-0.1, -0.05) is 26.0 Å². The smallest absolute Gasteiger partial charge is 0.261 e.